The molecule has 4 N–H and O–H groups in total. The van der Waals surface area contributed by atoms with Crippen LogP contribution in [-0.2, 0) is 0 Å². The van der Waals surface area contributed by atoms with E-state index < -0.39 is 0 Å². The van der Waals surface area contributed by atoms with E-state index in [0.717, 1.165) is 22.8 Å². The van der Waals surface area contributed by atoms with Gasteiger partial charge in [-0.2, -0.15) is 4.98 Å². The number of nitrogens with one attached hydrogen (secondary N) is 2. The Bertz CT molecular complexity index is 739. The largest absolute Gasteiger partial charge is 0.384 e. The first-order chi connectivity index (χ1) is 10.7. The number of benzene rings is 2. The Kier molecular flexibility index (Phi) is 5.38. The molecular weight excluding hydrogens is 310 g/mol. The van der Waals surface area contributed by atoms with Crippen molar-refractivity contribution in [1.29, 1.82) is 0 Å². The molecule has 0 amide bonds. The van der Waals surface area contributed by atoms with Crippen LogP contribution < -0.4 is 16.4 Å². The SMILES string of the molecule is Cc1cc(N)nc(Nc2ccc(Nc3ccccc3)cc2)n1.Cl. The highest BCUT2D eigenvalue weighted by molar-refractivity contribution is 5.85. The molecule has 0 aliphatic carbocycles. The normalized spacial score (nSPS) is 9.78. The number of hydrogen-bond acceptors (Lipinski definition) is 5. The Labute approximate surface area is 141 Å². The Morgan fingerprint density at radius 3 is 1.96 bits per heavy atom. The van der Waals surface area contributed by atoms with Gasteiger partial charge in [0.05, 0.1) is 0 Å². The third-order valence-electron chi connectivity index (χ3n) is 3.08. The Balaban J connectivity index is 0.00000192. The number of hydrogen-bond donors (Lipinski definition) is 3. The molecule has 118 valence electrons. The zero-order chi connectivity index (χ0) is 15.4. The molecule has 0 spiro atoms. The van der Waals surface area contributed by atoms with Crippen molar-refractivity contribution in [1.82, 2.24) is 9.97 Å². The zero-order valence-corrected chi connectivity index (χ0v) is 13.5. The standard InChI is InChI=1S/C17H17N5.ClH/c1-12-11-16(18)22-17(19-12)21-15-9-7-14(8-10-15)20-13-5-3-2-4-6-13;/h2-11,20H,1H3,(H3,18,19,21,22);1H. The molecule has 0 aliphatic heterocycles. The van der Waals surface area contributed by atoms with Gasteiger partial charge < -0.3 is 16.4 Å². The van der Waals surface area contributed by atoms with Crippen LogP contribution in [0.2, 0.25) is 0 Å². The lowest BCUT2D eigenvalue weighted by Gasteiger charge is -2.09. The minimum Gasteiger partial charge on any atom is -0.384 e. The van der Waals surface area contributed by atoms with Crippen molar-refractivity contribution in [2.45, 2.75) is 6.92 Å². The van der Waals surface area contributed by atoms with Crippen molar-refractivity contribution in [2.24, 2.45) is 0 Å². The first kappa shape index (κ1) is 16.6. The fraction of sp³-hybridized carbons (Fsp3) is 0.0588. The molecule has 0 saturated carbocycles. The molecule has 23 heavy (non-hydrogen) atoms. The van der Waals surface area contributed by atoms with Crippen molar-refractivity contribution in [2.75, 3.05) is 16.4 Å². The number of nitrogen functional groups attached to an aromatic ring is 1. The number of rotatable bonds is 4. The predicted octanol–water partition coefficient (Wildman–Crippen LogP) is 4.28. The van der Waals surface area contributed by atoms with Crippen LogP contribution in [0.15, 0.2) is 60.7 Å². The van der Waals surface area contributed by atoms with E-state index in [4.69, 9.17) is 5.73 Å². The van der Waals surface area contributed by atoms with Gasteiger partial charge in [0.1, 0.15) is 5.82 Å². The van der Waals surface area contributed by atoms with Gasteiger partial charge in [0, 0.05) is 28.8 Å². The molecule has 0 aliphatic rings. The van der Waals surface area contributed by atoms with Gasteiger partial charge in [0.15, 0.2) is 0 Å². The second kappa shape index (κ2) is 7.47. The van der Waals surface area contributed by atoms with Gasteiger partial charge in [0.2, 0.25) is 5.95 Å². The first-order valence-electron chi connectivity index (χ1n) is 6.99. The number of halogens is 1. The van der Waals surface area contributed by atoms with Gasteiger partial charge >= 0.3 is 0 Å². The fourth-order valence-corrected chi connectivity index (χ4v) is 2.10. The Hall–Kier alpha value is -2.79. The maximum absolute atomic E-state index is 5.72. The van der Waals surface area contributed by atoms with Crippen molar-refractivity contribution >= 4 is 41.2 Å². The third kappa shape index (κ3) is 4.59. The van der Waals surface area contributed by atoms with E-state index in [9.17, 15) is 0 Å². The summed E-state index contributed by atoms with van der Waals surface area (Å²) >= 11 is 0. The van der Waals surface area contributed by atoms with E-state index in [-0.39, 0.29) is 12.4 Å². The number of aromatic nitrogens is 2. The van der Waals surface area contributed by atoms with E-state index in [1.165, 1.54) is 0 Å². The molecule has 0 unspecified atom stereocenters. The minimum absolute atomic E-state index is 0. The molecule has 0 saturated heterocycles. The van der Waals surface area contributed by atoms with Gasteiger partial charge in [0.25, 0.3) is 0 Å². The molecular formula is C17H18ClN5. The lowest BCUT2D eigenvalue weighted by atomic mass is 10.2. The number of nitrogens with zero attached hydrogens (tertiary/aromatic N) is 2. The highest BCUT2D eigenvalue weighted by Gasteiger charge is 2.01. The van der Waals surface area contributed by atoms with E-state index in [0.29, 0.717) is 11.8 Å². The molecule has 1 heterocycles. The summed E-state index contributed by atoms with van der Waals surface area (Å²) < 4.78 is 0. The van der Waals surface area contributed by atoms with Crippen LogP contribution in [0.4, 0.5) is 28.8 Å². The summed E-state index contributed by atoms with van der Waals surface area (Å²) in [6, 6.07) is 19.7. The number of para-hydroxylation sites is 1. The molecule has 5 nitrogen and oxygen atoms in total. The molecule has 3 aromatic rings. The molecule has 0 fully saturated rings. The van der Waals surface area contributed by atoms with Crippen molar-refractivity contribution in [3.05, 3.63) is 66.4 Å². The second-order valence-corrected chi connectivity index (χ2v) is 4.95. The average Bonchev–Trinajstić information content (AvgIpc) is 2.49. The number of anilines is 5. The van der Waals surface area contributed by atoms with Crippen LogP contribution >= 0.6 is 12.4 Å². The smallest absolute Gasteiger partial charge is 0.229 e. The Morgan fingerprint density at radius 1 is 0.783 bits per heavy atom. The number of aryl methyl sites for hydroxylation is 1. The van der Waals surface area contributed by atoms with E-state index in [1.54, 1.807) is 6.07 Å². The molecule has 2 aromatic carbocycles. The summed E-state index contributed by atoms with van der Waals surface area (Å²) in [6.07, 6.45) is 0. The van der Waals surface area contributed by atoms with Crippen molar-refractivity contribution < 1.29 is 0 Å². The highest BCUT2D eigenvalue weighted by Crippen LogP contribution is 2.20. The molecule has 0 radical (unpaired) electrons. The third-order valence-corrected chi connectivity index (χ3v) is 3.08. The molecule has 6 heteroatoms. The van der Waals surface area contributed by atoms with E-state index in [2.05, 4.69) is 20.6 Å². The maximum Gasteiger partial charge on any atom is 0.229 e. The van der Waals surface area contributed by atoms with Crippen LogP contribution in [0.1, 0.15) is 5.69 Å². The first-order valence-corrected chi connectivity index (χ1v) is 6.99. The second-order valence-electron chi connectivity index (χ2n) is 4.95. The Morgan fingerprint density at radius 2 is 1.35 bits per heavy atom. The van der Waals surface area contributed by atoms with Crippen LogP contribution in [0.3, 0.4) is 0 Å². The topological polar surface area (TPSA) is 75.9 Å². The molecule has 0 bridgehead atoms. The van der Waals surface area contributed by atoms with Crippen LogP contribution in [0, 0.1) is 6.92 Å². The molecule has 1 aromatic heterocycles. The summed E-state index contributed by atoms with van der Waals surface area (Å²) in [7, 11) is 0. The van der Waals surface area contributed by atoms with Gasteiger partial charge in [-0.15, -0.1) is 12.4 Å². The summed E-state index contributed by atoms with van der Waals surface area (Å²) in [4.78, 5) is 8.46. The van der Waals surface area contributed by atoms with E-state index in [1.807, 2.05) is 61.5 Å². The molecule has 0 atom stereocenters. The monoisotopic (exact) mass is 327 g/mol. The number of nitrogens with two attached hydrogens (primary N) is 1. The van der Waals surface area contributed by atoms with Gasteiger partial charge in [-0.1, -0.05) is 18.2 Å². The van der Waals surface area contributed by atoms with Crippen molar-refractivity contribution in [3.8, 4) is 0 Å². The summed E-state index contributed by atoms with van der Waals surface area (Å²) in [5.74, 6) is 0.957. The molecule has 3 rings (SSSR count). The van der Waals surface area contributed by atoms with Crippen LogP contribution in [0.5, 0.6) is 0 Å². The zero-order valence-electron chi connectivity index (χ0n) is 12.7. The van der Waals surface area contributed by atoms with Crippen molar-refractivity contribution in [3.63, 3.8) is 0 Å². The summed E-state index contributed by atoms with van der Waals surface area (Å²) in [6.45, 7) is 1.89. The van der Waals surface area contributed by atoms with Crippen LogP contribution in [0.25, 0.3) is 0 Å². The predicted molar refractivity (Wildman–Crippen MR) is 97.9 cm³/mol. The highest BCUT2D eigenvalue weighted by atomic mass is 35.5. The minimum atomic E-state index is 0. The maximum atomic E-state index is 5.72. The van der Waals surface area contributed by atoms with Gasteiger partial charge in [-0.3, -0.25) is 0 Å². The quantitative estimate of drug-likeness (QED) is 0.667. The van der Waals surface area contributed by atoms with Gasteiger partial charge in [-0.25, -0.2) is 4.98 Å². The van der Waals surface area contributed by atoms with Crippen LogP contribution in [-0.4, -0.2) is 9.97 Å². The fourth-order valence-electron chi connectivity index (χ4n) is 2.10. The lowest BCUT2D eigenvalue weighted by molar-refractivity contribution is 1.11. The van der Waals surface area contributed by atoms with Gasteiger partial charge in [-0.05, 0) is 43.3 Å². The summed E-state index contributed by atoms with van der Waals surface area (Å²) in [5.41, 5.74) is 9.53. The average molecular weight is 328 g/mol. The van der Waals surface area contributed by atoms with E-state index >= 15 is 0 Å². The lowest BCUT2D eigenvalue weighted by Crippen LogP contribution is -2.01. The summed E-state index contributed by atoms with van der Waals surface area (Å²) in [5, 5.41) is 6.48.